The van der Waals surface area contributed by atoms with Gasteiger partial charge in [-0.1, -0.05) is 45.0 Å². The van der Waals surface area contributed by atoms with Gasteiger partial charge in [-0.25, -0.2) is 9.37 Å². The van der Waals surface area contributed by atoms with Crippen LogP contribution < -0.4 is 21.3 Å². The topological polar surface area (TPSA) is 210 Å². The maximum Gasteiger partial charge on any atom is 0.258 e. The summed E-state index contributed by atoms with van der Waals surface area (Å²) in [5.74, 6) is -3.51. The number of nitrogens with one attached hydrogen (secondary N) is 4. The number of alkyl halides is 1. The minimum Gasteiger partial charge on any atom is -0.391 e. The lowest BCUT2D eigenvalue weighted by Crippen LogP contribution is -2.59. The monoisotopic (exact) mass is 770 g/mol. The van der Waals surface area contributed by atoms with Crippen molar-refractivity contribution < 1.29 is 43.7 Å². The first-order chi connectivity index (χ1) is 25.5. The normalized spacial score (nSPS) is 27.9. The van der Waals surface area contributed by atoms with Crippen molar-refractivity contribution in [1.29, 1.82) is 0 Å². The molecule has 1 aromatic heterocycles. The number of hydrogen-bond acceptors (Lipinski definition) is 10. The van der Waals surface area contributed by atoms with E-state index in [0.29, 0.717) is 18.4 Å². The number of likely N-dealkylation sites (tertiary alicyclic amines) is 1. The van der Waals surface area contributed by atoms with Crippen LogP contribution in [0.2, 0.25) is 0 Å². The molecule has 0 spiro atoms. The van der Waals surface area contributed by atoms with E-state index in [-0.39, 0.29) is 63.1 Å². The third-order valence-corrected chi connectivity index (χ3v) is 12.4. The van der Waals surface area contributed by atoms with Gasteiger partial charge in [-0.15, -0.1) is 11.3 Å². The molecule has 7 N–H and O–H groups in total. The summed E-state index contributed by atoms with van der Waals surface area (Å²) in [4.78, 5) is 73.3. The van der Waals surface area contributed by atoms with Crippen molar-refractivity contribution >= 4 is 40.9 Å². The van der Waals surface area contributed by atoms with Crippen LogP contribution in [0.3, 0.4) is 0 Å². The van der Waals surface area contributed by atoms with Crippen LogP contribution in [0.4, 0.5) is 4.39 Å². The Bertz CT molecular complexity index is 1740. The maximum atomic E-state index is 14.6. The molecule has 6 rings (SSSR count). The minimum absolute atomic E-state index is 0.0732. The number of carbonyl (C=O) groups excluding carboxylic acids is 5. The van der Waals surface area contributed by atoms with Crippen LogP contribution >= 0.6 is 11.3 Å². The summed E-state index contributed by atoms with van der Waals surface area (Å²) in [7, 11) is 0. The summed E-state index contributed by atoms with van der Waals surface area (Å²) in [6.45, 7) is 7.16. The molecule has 5 amide bonds. The van der Waals surface area contributed by atoms with Gasteiger partial charge in [0.25, 0.3) is 5.91 Å². The SMILES string of the molecule is Cc1ncsc1-c1ccc([C@H](CC(=O)NCCNC(=O)[C@H]2CC3CC2[C@H](O)C3O)NC(=O)[C@@H]2C[C@@H](O)CN2C(=O)[C@@H](NC(=O)C2(F)CC2)C(C)(C)C)cc1. The summed E-state index contributed by atoms with van der Waals surface area (Å²) in [6, 6.07) is 4.21. The fourth-order valence-electron chi connectivity index (χ4n) is 8.06. The number of aliphatic hydroxyl groups excluding tert-OH is 3. The molecule has 54 heavy (non-hydrogen) atoms. The highest BCUT2D eigenvalue weighted by Gasteiger charge is 2.55. The van der Waals surface area contributed by atoms with Crippen LogP contribution in [-0.2, 0) is 24.0 Å². The zero-order valence-corrected chi connectivity index (χ0v) is 31.8. The lowest BCUT2D eigenvalue weighted by molar-refractivity contribution is -0.145. The molecule has 294 valence electrons. The smallest absolute Gasteiger partial charge is 0.258 e. The van der Waals surface area contributed by atoms with Crippen LogP contribution in [0.1, 0.15) is 76.6 Å². The first-order valence-electron chi connectivity index (χ1n) is 18.7. The fourth-order valence-corrected chi connectivity index (χ4v) is 8.87. The second kappa shape index (κ2) is 15.6. The van der Waals surface area contributed by atoms with E-state index in [4.69, 9.17) is 0 Å². The summed E-state index contributed by atoms with van der Waals surface area (Å²) >= 11 is 1.49. The molecule has 2 bridgehead atoms. The van der Waals surface area contributed by atoms with Crippen molar-refractivity contribution in [1.82, 2.24) is 31.2 Å². The van der Waals surface area contributed by atoms with E-state index in [1.165, 1.54) is 16.2 Å². The van der Waals surface area contributed by atoms with E-state index in [0.717, 1.165) is 16.1 Å². The highest BCUT2D eigenvalue weighted by Crippen LogP contribution is 2.48. The number of nitrogens with zero attached hydrogens (tertiary/aromatic N) is 2. The van der Waals surface area contributed by atoms with Crippen molar-refractivity contribution in [3.05, 3.63) is 41.0 Å². The van der Waals surface area contributed by atoms with E-state index in [1.54, 1.807) is 38.4 Å². The molecule has 16 heteroatoms. The van der Waals surface area contributed by atoms with E-state index in [1.807, 2.05) is 19.1 Å². The van der Waals surface area contributed by atoms with Gasteiger partial charge in [0, 0.05) is 32.0 Å². The molecule has 3 unspecified atom stereocenters. The quantitative estimate of drug-likeness (QED) is 0.146. The molecule has 3 aliphatic carbocycles. The van der Waals surface area contributed by atoms with Gasteiger partial charge in [-0.05, 0) is 61.0 Å². The molecule has 14 nitrogen and oxygen atoms in total. The van der Waals surface area contributed by atoms with Crippen molar-refractivity contribution in [3.63, 3.8) is 0 Å². The standard InChI is InChI=1S/C38H51FN6O8S/c1-19-31(54-18-42-19)21-7-5-20(6-8-21)26(16-28(47)40-11-12-41-33(50)25-14-22-13-24(25)30(49)29(22)48)43-34(51)27-15-23(46)17-45(27)35(52)32(37(2,3)4)44-36(53)38(39)9-10-38/h5-8,18,22-27,29-30,32,46,48-49H,9-17H2,1-4H3,(H,40,47)(H,41,50)(H,43,51)(H,44,53)/t22?,23-,24?,25+,26+,27+,29?,30+,32-/m1/s1. The number of thiazole rings is 1. The molecule has 4 aliphatic rings. The number of hydrogen-bond donors (Lipinski definition) is 7. The first-order valence-corrected chi connectivity index (χ1v) is 19.5. The van der Waals surface area contributed by atoms with E-state index >= 15 is 0 Å². The van der Waals surface area contributed by atoms with E-state index < -0.39 is 77.1 Å². The second-order valence-corrected chi connectivity index (χ2v) is 17.3. The first kappa shape index (κ1) is 39.7. The Morgan fingerprint density at radius 1 is 0.963 bits per heavy atom. The Kier molecular flexibility index (Phi) is 11.5. The predicted molar refractivity (Wildman–Crippen MR) is 196 cm³/mol. The average molecular weight is 771 g/mol. The highest BCUT2D eigenvalue weighted by atomic mass is 32.1. The van der Waals surface area contributed by atoms with Gasteiger partial charge in [0.1, 0.15) is 12.1 Å². The number of aromatic nitrogens is 1. The molecule has 2 heterocycles. The molecular weight excluding hydrogens is 720 g/mol. The highest BCUT2D eigenvalue weighted by molar-refractivity contribution is 7.13. The Morgan fingerprint density at radius 2 is 1.65 bits per heavy atom. The number of β-amino-alcohol motifs (C(OH)–C–C–N with tert-alkyl or cyclic N) is 1. The second-order valence-electron chi connectivity index (χ2n) is 16.4. The van der Waals surface area contributed by atoms with Crippen LogP contribution in [0, 0.1) is 30.1 Å². The number of benzene rings is 1. The van der Waals surface area contributed by atoms with Gasteiger partial charge in [0.2, 0.25) is 23.6 Å². The van der Waals surface area contributed by atoms with Gasteiger partial charge in [0.05, 0.1) is 46.9 Å². The minimum atomic E-state index is -2.01. The third kappa shape index (κ3) is 8.46. The van der Waals surface area contributed by atoms with Crippen molar-refractivity contribution in [2.24, 2.45) is 23.2 Å². The van der Waals surface area contributed by atoms with Gasteiger partial charge >= 0.3 is 0 Å². The van der Waals surface area contributed by atoms with E-state index in [9.17, 15) is 43.7 Å². The summed E-state index contributed by atoms with van der Waals surface area (Å²) in [5.41, 5.74) is 1.29. The van der Waals surface area contributed by atoms with Crippen LogP contribution in [0.15, 0.2) is 29.8 Å². The Labute approximate surface area is 317 Å². The average Bonchev–Trinajstić information content (AvgIpc) is 3.48. The summed E-state index contributed by atoms with van der Waals surface area (Å²) < 4.78 is 14.6. The number of amides is 5. The van der Waals surface area contributed by atoms with Crippen molar-refractivity contribution in [2.75, 3.05) is 19.6 Å². The van der Waals surface area contributed by atoms with Crippen molar-refractivity contribution in [2.45, 2.75) is 108 Å². The number of carbonyl (C=O) groups is 5. The molecule has 1 aliphatic heterocycles. The summed E-state index contributed by atoms with van der Waals surface area (Å²) in [5, 5.41) is 42.0. The maximum absolute atomic E-state index is 14.6. The van der Waals surface area contributed by atoms with Crippen LogP contribution in [0.5, 0.6) is 0 Å². The molecule has 0 radical (unpaired) electrons. The fraction of sp³-hybridized carbons (Fsp3) is 0.632. The molecule has 3 saturated carbocycles. The molecule has 1 aromatic carbocycles. The lowest BCUT2D eigenvalue weighted by Gasteiger charge is -2.36. The molecule has 1 saturated heterocycles. The zero-order chi connectivity index (χ0) is 39.1. The van der Waals surface area contributed by atoms with Gasteiger partial charge < -0.3 is 41.5 Å². The molecular formula is C38H51FN6O8S. The van der Waals surface area contributed by atoms with Gasteiger partial charge in [-0.2, -0.15) is 0 Å². The lowest BCUT2D eigenvalue weighted by atomic mass is 9.84. The largest absolute Gasteiger partial charge is 0.391 e. The predicted octanol–water partition coefficient (Wildman–Crippen LogP) is 1.27. The number of aliphatic hydroxyl groups is 3. The Balaban J connectivity index is 1.12. The number of halogens is 1. The zero-order valence-electron chi connectivity index (χ0n) is 31.0. The number of aryl methyl sites for hydroxylation is 1. The summed E-state index contributed by atoms with van der Waals surface area (Å²) in [6.07, 6.45) is -1.73. The molecule has 9 atom stereocenters. The molecule has 4 fully saturated rings. The van der Waals surface area contributed by atoms with E-state index in [2.05, 4.69) is 26.3 Å². The van der Waals surface area contributed by atoms with Gasteiger partial charge in [-0.3, -0.25) is 24.0 Å². The van der Waals surface area contributed by atoms with Crippen LogP contribution in [0.25, 0.3) is 10.4 Å². The Morgan fingerprint density at radius 3 is 2.24 bits per heavy atom. The van der Waals surface area contributed by atoms with Gasteiger partial charge in [0.15, 0.2) is 5.67 Å². The van der Waals surface area contributed by atoms with Crippen molar-refractivity contribution in [3.8, 4) is 10.4 Å². The Hall–Kier alpha value is -3.99. The number of rotatable bonds is 13. The van der Waals surface area contributed by atoms with Crippen LogP contribution in [-0.4, -0.2) is 110 Å². The third-order valence-electron chi connectivity index (χ3n) is 11.4. The number of fused-ring (bicyclic) bond motifs is 2. The molecule has 2 aromatic rings.